The predicted octanol–water partition coefficient (Wildman–Crippen LogP) is 3.66. The van der Waals surface area contributed by atoms with Crippen molar-refractivity contribution >= 4 is 10.0 Å². The van der Waals surface area contributed by atoms with E-state index in [0.717, 1.165) is 11.6 Å². The molecule has 0 spiro atoms. The number of nitrogens with two attached hydrogens (primary N) is 1. The predicted molar refractivity (Wildman–Crippen MR) is 95.6 cm³/mol. The molecule has 0 saturated heterocycles. The van der Waals surface area contributed by atoms with E-state index < -0.39 is 21.9 Å². The van der Waals surface area contributed by atoms with Crippen molar-refractivity contribution in [2.24, 2.45) is 5.14 Å². The first-order valence-electron chi connectivity index (χ1n) is 7.88. The van der Waals surface area contributed by atoms with Gasteiger partial charge in [0.15, 0.2) is 5.69 Å². The summed E-state index contributed by atoms with van der Waals surface area (Å²) in [6, 6.07) is 14.1. The number of aryl methyl sites for hydroxylation is 1. The number of nitrogens with zero attached hydrogens (tertiary/aromatic N) is 2. The minimum Gasteiger partial charge on any atom is -0.232 e. The third-order valence-corrected chi connectivity index (χ3v) is 4.71. The number of alkyl halides is 3. The number of aromatic nitrogens is 2. The van der Waals surface area contributed by atoms with Crippen LogP contribution in [-0.4, -0.2) is 18.2 Å². The molecule has 0 unspecified atom stereocenters. The molecule has 0 aliphatic rings. The summed E-state index contributed by atoms with van der Waals surface area (Å²) in [5.41, 5.74) is 1.52. The molecule has 0 aliphatic carbocycles. The van der Waals surface area contributed by atoms with Crippen molar-refractivity contribution in [1.82, 2.24) is 9.78 Å². The Morgan fingerprint density at radius 1 is 1.07 bits per heavy atom. The Bertz CT molecular complexity index is 1070. The van der Waals surface area contributed by atoms with Gasteiger partial charge in [-0.05, 0) is 36.2 Å². The number of sulfonamides is 1. The van der Waals surface area contributed by atoms with Crippen LogP contribution in [-0.2, 0) is 22.0 Å². The van der Waals surface area contributed by atoms with Crippen molar-refractivity contribution in [1.29, 1.82) is 0 Å². The third kappa shape index (κ3) is 4.37. The zero-order valence-corrected chi connectivity index (χ0v) is 15.1. The van der Waals surface area contributed by atoms with Crippen LogP contribution in [0.3, 0.4) is 0 Å². The summed E-state index contributed by atoms with van der Waals surface area (Å²) in [6.45, 7) is 1.80. The first kappa shape index (κ1) is 19.1. The van der Waals surface area contributed by atoms with E-state index in [2.05, 4.69) is 5.10 Å². The Morgan fingerprint density at radius 3 is 2.26 bits per heavy atom. The van der Waals surface area contributed by atoms with Crippen LogP contribution < -0.4 is 5.14 Å². The van der Waals surface area contributed by atoms with Gasteiger partial charge in [0.05, 0.1) is 17.1 Å². The van der Waals surface area contributed by atoms with E-state index in [1.165, 1.54) is 28.9 Å². The maximum absolute atomic E-state index is 13.2. The number of hydrogen-bond donors (Lipinski definition) is 1. The lowest BCUT2D eigenvalue weighted by Gasteiger charge is -2.10. The first-order valence-corrected chi connectivity index (χ1v) is 9.59. The van der Waals surface area contributed by atoms with Gasteiger partial charge in [0.1, 0.15) is 0 Å². The SMILES string of the molecule is Cc1ccccc1-c1cc(C(F)(F)F)nn1-c1ccc(CS(N)(=O)=O)cc1. The molecular weight excluding hydrogens is 379 g/mol. The van der Waals surface area contributed by atoms with E-state index in [-0.39, 0.29) is 5.75 Å². The molecule has 142 valence electrons. The van der Waals surface area contributed by atoms with Crippen LogP contribution in [0.4, 0.5) is 13.2 Å². The van der Waals surface area contributed by atoms with Crippen molar-refractivity contribution < 1.29 is 21.6 Å². The van der Waals surface area contributed by atoms with E-state index in [4.69, 9.17) is 5.14 Å². The Kier molecular flexibility index (Phi) is 4.83. The minimum absolute atomic E-state index is 0.291. The van der Waals surface area contributed by atoms with Gasteiger partial charge in [-0.15, -0.1) is 0 Å². The summed E-state index contributed by atoms with van der Waals surface area (Å²) in [5, 5.41) is 8.74. The summed E-state index contributed by atoms with van der Waals surface area (Å²) in [6.07, 6.45) is -4.59. The summed E-state index contributed by atoms with van der Waals surface area (Å²) in [7, 11) is -3.70. The zero-order chi connectivity index (χ0) is 19.8. The van der Waals surface area contributed by atoms with Gasteiger partial charge in [-0.25, -0.2) is 18.2 Å². The van der Waals surface area contributed by atoms with Crippen LogP contribution >= 0.6 is 0 Å². The highest BCUT2D eigenvalue weighted by Crippen LogP contribution is 2.34. The number of hydrogen-bond acceptors (Lipinski definition) is 3. The van der Waals surface area contributed by atoms with Gasteiger partial charge in [-0.2, -0.15) is 18.3 Å². The lowest BCUT2D eigenvalue weighted by Crippen LogP contribution is -2.14. The fourth-order valence-corrected chi connectivity index (χ4v) is 3.39. The first-order chi connectivity index (χ1) is 12.5. The molecule has 1 heterocycles. The number of rotatable bonds is 4. The van der Waals surface area contributed by atoms with E-state index in [1.807, 2.05) is 0 Å². The molecule has 0 aliphatic heterocycles. The fourth-order valence-electron chi connectivity index (χ4n) is 2.73. The van der Waals surface area contributed by atoms with Crippen LogP contribution in [0, 0.1) is 6.92 Å². The highest BCUT2D eigenvalue weighted by Gasteiger charge is 2.35. The number of primary sulfonamides is 1. The van der Waals surface area contributed by atoms with Crippen LogP contribution in [0.5, 0.6) is 0 Å². The quantitative estimate of drug-likeness (QED) is 0.732. The number of halogens is 3. The minimum atomic E-state index is -4.59. The average Bonchev–Trinajstić information content (AvgIpc) is 3.00. The van der Waals surface area contributed by atoms with Crippen molar-refractivity contribution in [2.45, 2.75) is 18.9 Å². The van der Waals surface area contributed by atoms with Crippen molar-refractivity contribution in [2.75, 3.05) is 0 Å². The Morgan fingerprint density at radius 2 is 1.70 bits per heavy atom. The Balaban J connectivity index is 2.12. The third-order valence-electron chi connectivity index (χ3n) is 3.97. The molecule has 27 heavy (non-hydrogen) atoms. The van der Waals surface area contributed by atoms with Crippen molar-refractivity contribution in [3.63, 3.8) is 0 Å². The van der Waals surface area contributed by atoms with Gasteiger partial charge in [-0.3, -0.25) is 0 Å². The number of benzene rings is 2. The second-order valence-electron chi connectivity index (χ2n) is 6.11. The van der Waals surface area contributed by atoms with Gasteiger partial charge in [0.2, 0.25) is 10.0 Å². The van der Waals surface area contributed by atoms with Gasteiger partial charge in [0.25, 0.3) is 0 Å². The van der Waals surface area contributed by atoms with Gasteiger partial charge < -0.3 is 0 Å². The molecule has 3 rings (SSSR count). The molecule has 0 fully saturated rings. The molecule has 2 aromatic carbocycles. The van der Waals surface area contributed by atoms with Crippen LogP contribution in [0.15, 0.2) is 54.6 Å². The molecule has 9 heteroatoms. The average molecular weight is 395 g/mol. The molecule has 2 N–H and O–H groups in total. The zero-order valence-electron chi connectivity index (χ0n) is 14.2. The molecule has 3 aromatic rings. The fraction of sp³-hybridized carbons (Fsp3) is 0.167. The van der Waals surface area contributed by atoms with Gasteiger partial charge >= 0.3 is 6.18 Å². The largest absolute Gasteiger partial charge is 0.435 e. The molecule has 0 bridgehead atoms. The highest BCUT2D eigenvalue weighted by atomic mass is 32.2. The van der Waals surface area contributed by atoms with E-state index in [9.17, 15) is 21.6 Å². The molecule has 0 radical (unpaired) electrons. The van der Waals surface area contributed by atoms with E-state index >= 15 is 0 Å². The molecule has 0 amide bonds. The Hall–Kier alpha value is -2.65. The molecule has 0 saturated carbocycles. The van der Waals surface area contributed by atoms with Gasteiger partial charge in [0, 0.05) is 5.56 Å². The summed E-state index contributed by atoms with van der Waals surface area (Å²) in [5.74, 6) is -0.356. The summed E-state index contributed by atoms with van der Waals surface area (Å²) < 4.78 is 63.2. The van der Waals surface area contributed by atoms with Gasteiger partial charge in [-0.1, -0.05) is 36.4 Å². The molecule has 5 nitrogen and oxygen atoms in total. The second-order valence-corrected chi connectivity index (χ2v) is 7.73. The van der Waals surface area contributed by atoms with Crippen LogP contribution in [0.2, 0.25) is 0 Å². The second kappa shape index (κ2) is 6.82. The van der Waals surface area contributed by atoms with Crippen LogP contribution in [0.1, 0.15) is 16.8 Å². The maximum atomic E-state index is 13.2. The van der Waals surface area contributed by atoms with Crippen molar-refractivity contribution in [3.05, 3.63) is 71.4 Å². The Labute approximate surface area is 154 Å². The van der Waals surface area contributed by atoms with Crippen LogP contribution in [0.25, 0.3) is 16.9 Å². The topological polar surface area (TPSA) is 78.0 Å². The van der Waals surface area contributed by atoms with E-state index in [1.54, 1.807) is 31.2 Å². The lowest BCUT2D eigenvalue weighted by molar-refractivity contribution is -0.141. The van der Waals surface area contributed by atoms with Crippen molar-refractivity contribution in [3.8, 4) is 16.9 Å². The standard InChI is InChI=1S/C18H16F3N3O2S/c1-12-4-2-3-5-15(12)16-10-17(18(19,20)21)23-24(16)14-8-6-13(7-9-14)11-27(22,25)26/h2-10H,11H2,1H3,(H2,22,25,26). The molecular formula is C18H16F3N3O2S. The highest BCUT2D eigenvalue weighted by molar-refractivity contribution is 7.88. The normalized spacial score (nSPS) is 12.3. The maximum Gasteiger partial charge on any atom is 0.435 e. The molecule has 1 aromatic heterocycles. The smallest absolute Gasteiger partial charge is 0.232 e. The monoisotopic (exact) mass is 395 g/mol. The summed E-state index contributed by atoms with van der Waals surface area (Å²) >= 11 is 0. The molecule has 0 atom stereocenters. The summed E-state index contributed by atoms with van der Waals surface area (Å²) in [4.78, 5) is 0. The van der Waals surface area contributed by atoms with E-state index in [0.29, 0.717) is 22.5 Å². The lowest BCUT2D eigenvalue weighted by atomic mass is 10.1.